The van der Waals surface area contributed by atoms with E-state index in [0.717, 1.165) is 21.7 Å². The maximum absolute atomic E-state index is 14.0. The van der Waals surface area contributed by atoms with Gasteiger partial charge in [-0.25, -0.2) is 18.4 Å². The molecule has 0 saturated carbocycles. The SMILES string of the molecule is Cc1ncsc1-c1ccc(CNC(=O)[C@@H]2C[C@@H](O)CN2C(=O)C(NC(=O)CCCCOc2cc(Nc3n[nH]c(-c4ccc(NS(=O)(=O)C(F)F)cc4)c3C(N)=O)ccn2)C(C)(C)C)cc1. The Morgan fingerprint density at radius 2 is 1.72 bits per heavy atom. The molecule has 0 bridgehead atoms. The molecule has 346 valence electrons. The van der Waals surface area contributed by atoms with Gasteiger partial charge in [0.25, 0.3) is 15.9 Å². The van der Waals surface area contributed by atoms with E-state index >= 15 is 0 Å². The van der Waals surface area contributed by atoms with Crippen molar-refractivity contribution in [3.05, 3.63) is 89.2 Å². The number of thiazole rings is 1. The summed E-state index contributed by atoms with van der Waals surface area (Å²) in [5.74, 6) is -5.40. The van der Waals surface area contributed by atoms with E-state index in [9.17, 15) is 41.5 Å². The molecule has 5 aromatic rings. The molecule has 22 heteroatoms. The first-order valence-electron chi connectivity index (χ1n) is 20.5. The number of primary amides is 1. The van der Waals surface area contributed by atoms with Gasteiger partial charge in [0.15, 0.2) is 5.82 Å². The van der Waals surface area contributed by atoms with Crippen LogP contribution in [0.3, 0.4) is 0 Å². The van der Waals surface area contributed by atoms with Crippen LogP contribution in [0.15, 0.2) is 72.4 Å². The Morgan fingerprint density at radius 3 is 2.37 bits per heavy atom. The largest absolute Gasteiger partial charge is 0.478 e. The van der Waals surface area contributed by atoms with Gasteiger partial charge in [-0.15, -0.1) is 11.3 Å². The predicted octanol–water partition coefficient (Wildman–Crippen LogP) is 5.07. The van der Waals surface area contributed by atoms with Crippen molar-refractivity contribution in [2.75, 3.05) is 23.2 Å². The van der Waals surface area contributed by atoms with E-state index < -0.39 is 57.1 Å². The van der Waals surface area contributed by atoms with Gasteiger partial charge in [0.1, 0.15) is 17.6 Å². The number of anilines is 3. The topological polar surface area (TPSA) is 264 Å². The second-order valence-electron chi connectivity index (χ2n) is 16.4. The van der Waals surface area contributed by atoms with E-state index in [0.29, 0.717) is 24.1 Å². The van der Waals surface area contributed by atoms with Crippen molar-refractivity contribution >= 4 is 62.2 Å². The van der Waals surface area contributed by atoms with Crippen LogP contribution in [0.4, 0.5) is 26.0 Å². The van der Waals surface area contributed by atoms with Gasteiger partial charge in [-0.2, -0.15) is 13.9 Å². The Morgan fingerprint density at radius 1 is 1.02 bits per heavy atom. The molecule has 2 aromatic carbocycles. The highest BCUT2D eigenvalue weighted by Gasteiger charge is 2.44. The molecule has 0 spiro atoms. The average molecular weight is 937 g/mol. The summed E-state index contributed by atoms with van der Waals surface area (Å²) in [4.78, 5) is 64.1. The molecule has 1 fully saturated rings. The number of hydrogen-bond acceptors (Lipinski definition) is 13. The smallest absolute Gasteiger partial charge is 0.355 e. The van der Waals surface area contributed by atoms with E-state index in [-0.39, 0.29) is 67.1 Å². The van der Waals surface area contributed by atoms with Crippen molar-refractivity contribution in [3.63, 3.8) is 0 Å². The molecule has 0 aliphatic carbocycles. The first-order chi connectivity index (χ1) is 30.8. The van der Waals surface area contributed by atoms with E-state index in [2.05, 4.69) is 36.1 Å². The van der Waals surface area contributed by atoms with Crippen LogP contribution in [0, 0.1) is 12.3 Å². The molecule has 1 aliphatic heterocycles. The summed E-state index contributed by atoms with van der Waals surface area (Å²) >= 11 is 1.55. The Hall–Kier alpha value is -6.52. The number of pyridine rings is 1. The fourth-order valence-electron chi connectivity index (χ4n) is 7.08. The van der Waals surface area contributed by atoms with Crippen LogP contribution in [0.1, 0.15) is 68.1 Å². The molecule has 18 nitrogen and oxygen atoms in total. The molecule has 65 heavy (non-hydrogen) atoms. The molecule has 3 atom stereocenters. The Balaban J connectivity index is 0.981. The number of aromatic amines is 1. The molecule has 3 aromatic heterocycles. The minimum atomic E-state index is -4.87. The number of rotatable bonds is 19. The number of nitrogens with one attached hydrogen (secondary N) is 5. The van der Waals surface area contributed by atoms with Gasteiger partial charge < -0.3 is 36.4 Å². The summed E-state index contributed by atoms with van der Waals surface area (Å²) in [6.07, 6.45) is 1.57. The number of β-amino-alcohol motifs (C(OH)–C–C–N with tert-alkyl or cyclic N) is 1. The number of amides is 4. The van der Waals surface area contributed by atoms with E-state index in [1.54, 1.807) is 33.7 Å². The minimum absolute atomic E-state index is 0.0292. The number of hydrogen-bond donors (Lipinski definition) is 7. The minimum Gasteiger partial charge on any atom is -0.478 e. The number of aliphatic hydroxyl groups is 1. The molecule has 8 N–H and O–H groups in total. The highest BCUT2D eigenvalue weighted by atomic mass is 32.2. The third-order valence-corrected chi connectivity index (χ3v) is 12.4. The molecule has 4 heterocycles. The van der Waals surface area contributed by atoms with Gasteiger partial charge in [0.2, 0.25) is 23.6 Å². The number of unbranched alkanes of at least 4 members (excludes halogenated alkanes) is 1. The number of H-pyrrole nitrogens is 1. The number of nitrogens with zero attached hydrogens (tertiary/aromatic N) is 4. The number of aryl methyl sites for hydroxylation is 1. The van der Waals surface area contributed by atoms with Crippen molar-refractivity contribution in [1.82, 2.24) is 35.7 Å². The van der Waals surface area contributed by atoms with Crippen molar-refractivity contribution in [2.24, 2.45) is 11.1 Å². The van der Waals surface area contributed by atoms with Crippen molar-refractivity contribution < 1.29 is 46.2 Å². The summed E-state index contributed by atoms with van der Waals surface area (Å²) in [6, 6.07) is 14.3. The van der Waals surface area contributed by atoms with Gasteiger partial charge >= 0.3 is 5.76 Å². The molecule has 0 radical (unpaired) electrons. The Bertz CT molecular complexity index is 2600. The number of benzene rings is 2. The van der Waals surface area contributed by atoms with Crippen molar-refractivity contribution in [2.45, 2.75) is 83.9 Å². The van der Waals surface area contributed by atoms with Crippen LogP contribution in [0.5, 0.6) is 5.88 Å². The fraction of sp³-hybridized carbons (Fsp3) is 0.372. The summed E-state index contributed by atoms with van der Waals surface area (Å²) < 4.78 is 56.2. The number of carbonyl (C=O) groups is 4. The first-order valence-corrected chi connectivity index (χ1v) is 22.9. The van der Waals surface area contributed by atoms with Crippen LogP contribution in [-0.4, -0.2) is 99.3 Å². The number of likely N-dealkylation sites (tertiary alicyclic amines) is 1. The monoisotopic (exact) mass is 936 g/mol. The molecule has 1 aliphatic rings. The highest BCUT2D eigenvalue weighted by Crippen LogP contribution is 2.32. The van der Waals surface area contributed by atoms with Gasteiger partial charge in [-0.1, -0.05) is 57.2 Å². The third kappa shape index (κ3) is 12.2. The number of aliphatic hydroxyl groups excluding tert-OH is 1. The Labute approximate surface area is 377 Å². The molecule has 4 amide bonds. The Kier molecular flexibility index (Phi) is 15.2. The lowest BCUT2D eigenvalue weighted by Gasteiger charge is -2.35. The zero-order valence-corrected chi connectivity index (χ0v) is 37.6. The third-order valence-electron chi connectivity index (χ3n) is 10.4. The lowest BCUT2D eigenvalue weighted by molar-refractivity contribution is -0.144. The number of ether oxygens (including phenoxy) is 1. The van der Waals surface area contributed by atoms with Crippen LogP contribution < -0.4 is 31.1 Å². The predicted molar refractivity (Wildman–Crippen MR) is 240 cm³/mol. The number of nitrogens with two attached hydrogens (primary N) is 1. The van der Waals surface area contributed by atoms with Crippen molar-refractivity contribution in [1.29, 1.82) is 0 Å². The molecular weight excluding hydrogens is 887 g/mol. The quantitative estimate of drug-likeness (QED) is 0.0536. The average Bonchev–Trinajstić information content (AvgIpc) is 4.00. The first kappa shape index (κ1) is 47.9. The normalized spacial score (nSPS) is 15.7. The van der Waals surface area contributed by atoms with Crippen LogP contribution in [0.2, 0.25) is 0 Å². The highest BCUT2D eigenvalue weighted by molar-refractivity contribution is 7.93. The number of halogens is 2. The standard InChI is InChI=1S/C43H50F2N10O8S2/c1-24-36(64-23-49-24)27-10-8-25(9-11-27)21-48-40(59)31-20-30(56)22-55(31)41(60)37(43(2,3)4)51-32(57)7-5-6-18-63-33-19-29(16-17-47-33)50-39-34(38(46)58)35(52-53-39)26-12-14-28(15-13-26)54-65(61,62)42(44)45/h8-17,19,23,30-31,37,42,54,56H,5-7,18,20-22H2,1-4H3,(H2,46,58)(H,48,59)(H,51,57)(H2,47,50,52,53)/t30-,31+,37?/m1/s1. The molecule has 1 unspecified atom stereocenters. The maximum atomic E-state index is 14.0. The number of carbonyl (C=O) groups excluding carboxylic acids is 4. The van der Waals surface area contributed by atoms with Gasteiger partial charge in [0, 0.05) is 55.1 Å². The van der Waals surface area contributed by atoms with Gasteiger partial charge in [-0.3, -0.25) is 29.0 Å². The summed E-state index contributed by atoms with van der Waals surface area (Å²) in [5, 5.41) is 26.2. The molecule has 1 saturated heterocycles. The fourth-order valence-corrected chi connectivity index (χ4v) is 8.44. The van der Waals surface area contributed by atoms with Crippen LogP contribution in [-0.2, 0) is 31.0 Å². The summed E-state index contributed by atoms with van der Waals surface area (Å²) in [5.41, 5.74) is 10.4. The number of sulfonamides is 1. The second-order valence-corrected chi connectivity index (χ2v) is 18.9. The van der Waals surface area contributed by atoms with Crippen LogP contribution >= 0.6 is 11.3 Å². The summed E-state index contributed by atoms with van der Waals surface area (Å²) in [7, 11) is -4.87. The van der Waals surface area contributed by atoms with E-state index in [1.807, 2.05) is 52.0 Å². The molecular formula is C43H50F2N10O8S2. The number of alkyl halides is 2. The number of aromatic nitrogens is 4. The van der Waals surface area contributed by atoms with E-state index in [4.69, 9.17) is 10.5 Å². The molecule has 6 rings (SSSR count). The zero-order valence-electron chi connectivity index (χ0n) is 35.9. The van der Waals surface area contributed by atoms with Gasteiger partial charge in [0.05, 0.1) is 34.5 Å². The lowest BCUT2D eigenvalue weighted by atomic mass is 9.85. The van der Waals surface area contributed by atoms with E-state index in [1.165, 1.54) is 35.4 Å². The lowest BCUT2D eigenvalue weighted by Crippen LogP contribution is -2.57. The summed E-state index contributed by atoms with van der Waals surface area (Å²) in [6.45, 7) is 7.77. The maximum Gasteiger partial charge on any atom is 0.355 e. The second kappa shape index (κ2) is 20.5. The zero-order chi connectivity index (χ0) is 47.1. The van der Waals surface area contributed by atoms with Crippen molar-refractivity contribution in [3.8, 4) is 27.6 Å². The van der Waals surface area contributed by atoms with Gasteiger partial charge in [-0.05, 0) is 54.5 Å². The van der Waals surface area contributed by atoms with Crippen LogP contribution in [0.25, 0.3) is 21.7 Å².